The second kappa shape index (κ2) is 6.30. The first-order valence-corrected chi connectivity index (χ1v) is 6.64. The minimum atomic E-state index is -1.19. The van der Waals surface area contributed by atoms with Gasteiger partial charge in [0.25, 0.3) is 5.91 Å². The molecule has 116 valence electrons. The smallest absolute Gasteiger partial charge is 0.354 e. The lowest BCUT2D eigenvalue weighted by Crippen LogP contribution is -2.28. The number of aromatic carboxylic acids is 1. The van der Waals surface area contributed by atoms with Gasteiger partial charge in [-0.1, -0.05) is 12.1 Å². The number of aromatic nitrogens is 2. The number of nitrogens with one attached hydrogen (secondary N) is 1. The quantitative estimate of drug-likeness (QED) is 0.875. The van der Waals surface area contributed by atoms with Crippen molar-refractivity contribution in [2.75, 3.05) is 7.11 Å². The van der Waals surface area contributed by atoms with Crippen LogP contribution in [0.3, 0.4) is 0 Å². The highest BCUT2D eigenvalue weighted by Gasteiger charge is 2.22. The molecular formula is C15H17N3O4. The van der Waals surface area contributed by atoms with Gasteiger partial charge in [0.05, 0.1) is 24.9 Å². The molecule has 2 rings (SSSR count). The Morgan fingerprint density at radius 1 is 1.32 bits per heavy atom. The fourth-order valence-electron chi connectivity index (χ4n) is 2.11. The van der Waals surface area contributed by atoms with Gasteiger partial charge in [0.1, 0.15) is 5.75 Å². The molecule has 0 aliphatic carbocycles. The van der Waals surface area contributed by atoms with Crippen LogP contribution in [0.15, 0.2) is 30.5 Å². The average Bonchev–Trinajstić information content (AvgIpc) is 2.89. The summed E-state index contributed by atoms with van der Waals surface area (Å²) < 4.78 is 6.24. The number of hydrogen-bond donors (Lipinski definition) is 2. The summed E-state index contributed by atoms with van der Waals surface area (Å²) in [5.41, 5.74) is 0.782. The number of carbonyl (C=O) groups is 2. The van der Waals surface area contributed by atoms with Crippen LogP contribution in [0.1, 0.15) is 39.4 Å². The maximum atomic E-state index is 12.2. The third-order valence-electron chi connectivity index (χ3n) is 3.35. The van der Waals surface area contributed by atoms with Crippen LogP contribution in [-0.2, 0) is 7.05 Å². The molecule has 7 nitrogen and oxygen atoms in total. The van der Waals surface area contributed by atoms with Crippen molar-refractivity contribution in [3.8, 4) is 5.75 Å². The van der Waals surface area contributed by atoms with Gasteiger partial charge in [-0.05, 0) is 24.6 Å². The van der Waals surface area contributed by atoms with Crippen molar-refractivity contribution in [2.45, 2.75) is 13.0 Å². The Labute approximate surface area is 127 Å². The van der Waals surface area contributed by atoms with Gasteiger partial charge in [-0.2, -0.15) is 5.10 Å². The number of nitrogens with zero attached hydrogens (tertiary/aromatic N) is 2. The molecule has 2 N–H and O–H groups in total. The zero-order valence-electron chi connectivity index (χ0n) is 12.5. The molecule has 1 atom stereocenters. The first kappa shape index (κ1) is 15.6. The number of rotatable bonds is 5. The molecule has 1 unspecified atom stereocenters. The molecule has 0 saturated carbocycles. The monoisotopic (exact) mass is 303 g/mol. The number of ether oxygens (including phenoxy) is 1. The standard InChI is InChI=1S/C15H17N3O4/c1-9(10-4-6-11(22-3)7-5-10)17-14(19)12-8-16-18(2)13(12)15(20)21/h4-9H,1-3H3,(H,17,19)(H,20,21). The Morgan fingerprint density at radius 3 is 2.50 bits per heavy atom. The van der Waals surface area contributed by atoms with E-state index in [4.69, 9.17) is 9.84 Å². The molecule has 1 aromatic heterocycles. The first-order valence-electron chi connectivity index (χ1n) is 6.64. The second-order valence-corrected chi connectivity index (χ2v) is 4.80. The van der Waals surface area contributed by atoms with Crippen LogP contribution < -0.4 is 10.1 Å². The van der Waals surface area contributed by atoms with Crippen molar-refractivity contribution in [3.63, 3.8) is 0 Å². The van der Waals surface area contributed by atoms with E-state index in [-0.39, 0.29) is 17.3 Å². The normalized spacial score (nSPS) is 11.8. The van der Waals surface area contributed by atoms with Crippen LogP contribution in [0.4, 0.5) is 0 Å². The van der Waals surface area contributed by atoms with Gasteiger partial charge in [0.15, 0.2) is 5.69 Å². The van der Waals surface area contributed by atoms with E-state index in [9.17, 15) is 9.59 Å². The van der Waals surface area contributed by atoms with E-state index >= 15 is 0 Å². The summed E-state index contributed by atoms with van der Waals surface area (Å²) in [5.74, 6) is -0.946. The molecule has 1 heterocycles. The predicted molar refractivity (Wildman–Crippen MR) is 79.0 cm³/mol. The Morgan fingerprint density at radius 2 is 1.95 bits per heavy atom. The SMILES string of the molecule is COc1ccc(C(C)NC(=O)c2cnn(C)c2C(=O)O)cc1. The maximum absolute atomic E-state index is 12.2. The highest BCUT2D eigenvalue weighted by atomic mass is 16.5. The summed E-state index contributed by atoms with van der Waals surface area (Å²) in [6, 6.07) is 6.99. The van der Waals surface area contributed by atoms with E-state index in [1.54, 1.807) is 19.2 Å². The van der Waals surface area contributed by atoms with E-state index in [1.807, 2.05) is 19.1 Å². The van der Waals surface area contributed by atoms with Crippen molar-refractivity contribution in [2.24, 2.45) is 7.05 Å². The number of carboxylic acids is 1. The van der Waals surface area contributed by atoms with Crippen LogP contribution in [0.2, 0.25) is 0 Å². The number of carboxylic acid groups (broad SMARTS) is 1. The van der Waals surface area contributed by atoms with E-state index in [0.717, 1.165) is 16.0 Å². The molecule has 7 heteroatoms. The summed E-state index contributed by atoms with van der Waals surface area (Å²) in [5, 5.41) is 15.7. The molecule has 0 radical (unpaired) electrons. The lowest BCUT2D eigenvalue weighted by atomic mass is 10.1. The molecule has 0 bridgehead atoms. The molecule has 0 aliphatic heterocycles. The molecule has 1 aromatic carbocycles. The van der Waals surface area contributed by atoms with Crippen molar-refractivity contribution in [1.29, 1.82) is 0 Å². The van der Waals surface area contributed by atoms with Crippen LogP contribution in [-0.4, -0.2) is 33.9 Å². The summed E-state index contributed by atoms with van der Waals surface area (Å²) in [4.78, 5) is 23.4. The van der Waals surface area contributed by atoms with Gasteiger partial charge in [-0.3, -0.25) is 9.48 Å². The van der Waals surface area contributed by atoms with Gasteiger partial charge in [-0.15, -0.1) is 0 Å². The zero-order valence-corrected chi connectivity index (χ0v) is 12.5. The fourth-order valence-corrected chi connectivity index (χ4v) is 2.11. The van der Waals surface area contributed by atoms with Gasteiger partial charge in [0, 0.05) is 7.05 Å². The lowest BCUT2D eigenvalue weighted by molar-refractivity contribution is 0.0678. The lowest BCUT2D eigenvalue weighted by Gasteiger charge is -2.14. The Kier molecular flexibility index (Phi) is 4.45. The molecule has 0 aliphatic rings. The van der Waals surface area contributed by atoms with Crippen molar-refractivity contribution >= 4 is 11.9 Å². The van der Waals surface area contributed by atoms with E-state index in [2.05, 4.69) is 10.4 Å². The third kappa shape index (κ3) is 3.08. The van der Waals surface area contributed by atoms with Crippen LogP contribution in [0, 0.1) is 0 Å². The van der Waals surface area contributed by atoms with E-state index in [0.29, 0.717) is 0 Å². The van der Waals surface area contributed by atoms with E-state index < -0.39 is 11.9 Å². The summed E-state index contributed by atoms with van der Waals surface area (Å²) in [6.07, 6.45) is 1.25. The molecule has 22 heavy (non-hydrogen) atoms. The first-order chi connectivity index (χ1) is 10.4. The Bertz CT molecular complexity index is 691. The maximum Gasteiger partial charge on any atom is 0.354 e. The van der Waals surface area contributed by atoms with Crippen molar-refractivity contribution in [3.05, 3.63) is 47.3 Å². The van der Waals surface area contributed by atoms with Crippen molar-refractivity contribution in [1.82, 2.24) is 15.1 Å². The minimum absolute atomic E-state index is 0.0374. The third-order valence-corrected chi connectivity index (χ3v) is 3.35. The zero-order chi connectivity index (χ0) is 16.3. The van der Waals surface area contributed by atoms with Gasteiger partial charge in [0.2, 0.25) is 0 Å². The number of amides is 1. The minimum Gasteiger partial charge on any atom is -0.497 e. The fraction of sp³-hybridized carbons (Fsp3) is 0.267. The average molecular weight is 303 g/mol. The van der Waals surface area contributed by atoms with Crippen LogP contribution in [0.5, 0.6) is 5.75 Å². The van der Waals surface area contributed by atoms with E-state index in [1.165, 1.54) is 13.2 Å². The second-order valence-electron chi connectivity index (χ2n) is 4.80. The number of benzene rings is 1. The summed E-state index contributed by atoms with van der Waals surface area (Å²) >= 11 is 0. The largest absolute Gasteiger partial charge is 0.497 e. The molecule has 1 amide bonds. The highest BCUT2D eigenvalue weighted by Crippen LogP contribution is 2.18. The van der Waals surface area contributed by atoms with Gasteiger partial charge in [-0.25, -0.2) is 4.79 Å². The molecule has 0 spiro atoms. The molecule has 0 saturated heterocycles. The van der Waals surface area contributed by atoms with Gasteiger partial charge >= 0.3 is 5.97 Å². The Balaban J connectivity index is 2.16. The molecule has 2 aromatic rings. The van der Waals surface area contributed by atoms with Gasteiger partial charge < -0.3 is 15.2 Å². The molecular weight excluding hydrogens is 286 g/mol. The van der Waals surface area contributed by atoms with Crippen LogP contribution >= 0.6 is 0 Å². The highest BCUT2D eigenvalue weighted by molar-refractivity contribution is 6.03. The summed E-state index contributed by atoms with van der Waals surface area (Å²) in [7, 11) is 3.06. The Hall–Kier alpha value is -2.83. The number of hydrogen-bond acceptors (Lipinski definition) is 4. The topological polar surface area (TPSA) is 93.5 Å². The number of carbonyl (C=O) groups excluding carboxylic acids is 1. The predicted octanol–water partition coefficient (Wildman–Crippen LogP) is 1.62. The number of aryl methyl sites for hydroxylation is 1. The van der Waals surface area contributed by atoms with Crippen LogP contribution in [0.25, 0.3) is 0 Å². The van der Waals surface area contributed by atoms with Crippen molar-refractivity contribution < 1.29 is 19.4 Å². The summed E-state index contributed by atoms with van der Waals surface area (Å²) in [6.45, 7) is 1.82. The molecule has 0 fully saturated rings. The number of methoxy groups -OCH3 is 1.